The second-order valence-corrected chi connectivity index (χ2v) is 4.80. The first kappa shape index (κ1) is 16.5. The molecule has 6 nitrogen and oxygen atoms in total. The minimum atomic E-state index is -1.09. The van der Waals surface area contributed by atoms with Crippen molar-refractivity contribution in [2.45, 2.75) is 20.8 Å². The molecule has 1 unspecified atom stereocenters. The summed E-state index contributed by atoms with van der Waals surface area (Å²) in [6, 6.07) is 6.57. The Kier molecular flexibility index (Phi) is 5.73. The third kappa shape index (κ3) is 4.21. The van der Waals surface area contributed by atoms with Crippen LogP contribution < -0.4 is 5.32 Å². The Balaban J connectivity index is 2.95. The number of carbonyl (C=O) groups is 2. The van der Waals surface area contributed by atoms with Crippen molar-refractivity contribution in [3.05, 3.63) is 29.3 Å². The lowest BCUT2D eigenvalue weighted by Gasteiger charge is -2.23. The first-order chi connectivity index (χ1) is 9.90. The summed E-state index contributed by atoms with van der Waals surface area (Å²) in [4.78, 5) is 24.9. The van der Waals surface area contributed by atoms with Gasteiger partial charge >= 0.3 is 12.0 Å². The van der Waals surface area contributed by atoms with Crippen molar-refractivity contribution < 1.29 is 14.7 Å². The molecule has 1 aromatic carbocycles. The molecule has 0 radical (unpaired) electrons. The molecule has 2 N–H and O–H groups in total. The van der Waals surface area contributed by atoms with Gasteiger partial charge in [-0.2, -0.15) is 5.26 Å². The predicted molar refractivity (Wildman–Crippen MR) is 79.2 cm³/mol. The van der Waals surface area contributed by atoms with Gasteiger partial charge in [0, 0.05) is 13.1 Å². The van der Waals surface area contributed by atoms with Crippen LogP contribution in [0.25, 0.3) is 0 Å². The van der Waals surface area contributed by atoms with Gasteiger partial charge in [0.25, 0.3) is 0 Å². The Morgan fingerprint density at radius 3 is 2.67 bits per heavy atom. The van der Waals surface area contributed by atoms with Crippen LogP contribution in [0, 0.1) is 24.2 Å². The number of carboxylic acid groups (broad SMARTS) is 1. The Labute approximate surface area is 124 Å². The first-order valence-corrected chi connectivity index (χ1v) is 6.69. The van der Waals surface area contributed by atoms with E-state index in [4.69, 9.17) is 5.26 Å². The van der Waals surface area contributed by atoms with Crippen molar-refractivity contribution in [1.29, 1.82) is 5.26 Å². The fraction of sp³-hybridized carbons (Fsp3) is 0.400. The van der Waals surface area contributed by atoms with Crippen molar-refractivity contribution in [2.75, 3.05) is 18.4 Å². The molecule has 0 spiro atoms. The molecule has 0 aromatic heterocycles. The molecule has 0 aliphatic carbocycles. The molecule has 1 aromatic rings. The number of nitrogens with zero attached hydrogens (tertiary/aromatic N) is 2. The normalized spacial score (nSPS) is 11.3. The van der Waals surface area contributed by atoms with Crippen molar-refractivity contribution >= 4 is 17.7 Å². The van der Waals surface area contributed by atoms with Gasteiger partial charge in [0.2, 0.25) is 0 Å². The van der Waals surface area contributed by atoms with Crippen LogP contribution in [0.4, 0.5) is 10.5 Å². The molecule has 21 heavy (non-hydrogen) atoms. The monoisotopic (exact) mass is 289 g/mol. The lowest BCUT2D eigenvalue weighted by atomic mass is 10.1. The maximum absolute atomic E-state index is 12.2. The zero-order valence-corrected chi connectivity index (χ0v) is 12.4. The number of urea groups is 1. The zero-order valence-electron chi connectivity index (χ0n) is 12.4. The van der Waals surface area contributed by atoms with E-state index in [9.17, 15) is 14.7 Å². The lowest BCUT2D eigenvalue weighted by Crippen LogP contribution is -2.38. The Morgan fingerprint density at radius 2 is 2.14 bits per heavy atom. The average Bonchev–Trinajstić information content (AvgIpc) is 2.43. The molecule has 6 heteroatoms. The molecule has 1 rings (SSSR count). The van der Waals surface area contributed by atoms with Crippen LogP contribution >= 0.6 is 0 Å². The standard InChI is InChI=1S/C15H19N3O3/c1-4-18(9-10(2)8-16)15(21)17-12-7-5-6-11(3)13(12)14(19)20/h5-7,10H,4,9H2,1-3H3,(H,17,21)(H,19,20). The third-order valence-electron chi connectivity index (χ3n) is 3.11. The van der Waals surface area contributed by atoms with E-state index in [0.29, 0.717) is 18.7 Å². The molecular weight excluding hydrogens is 270 g/mol. The maximum atomic E-state index is 12.2. The van der Waals surface area contributed by atoms with Crippen LogP contribution in [0.3, 0.4) is 0 Å². The largest absolute Gasteiger partial charge is 0.478 e. The van der Waals surface area contributed by atoms with Crippen molar-refractivity contribution in [1.82, 2.24) is 4.90 Å². The van der Waals surface area contributed by atoms with Crippen LogP contribution in [0.2, 0.25) is 0 Å². The van der Waals surface area contributed by atoms with E-state index in [1.165, 1.54) is 4.90 Å². The summed E-state index contributed by atoms with van der Waals surface area (Å²) in [6.45, 7) is 5.94. The van der Waals surface area contributed by atoms with Crippen molar-refractivity contribution in [2.24, 2.45) is 5.92 Å². The van der Waals surface area contributed by atoms with E-state index in [1.54, 1.807) is 39.0 Å². The average molecular weight is 289 g/mol. The summed E-state index contributed by atoms with van der Waals surface area (Å²) in [6.07, 6.45) is 0. The second kappa shape index (κ2) is 7.29. The highest BCUT2D eigenvalue weighted by molar-refractivity contribution is 6.01. The molecule has 0 aliphatic rings. The Hall–Kier alpha value is -2.55. The first-order valence-electron chi connectivity index (χ1n) is 6.69. The fourth-order valence-electron chi connectivity index (χ4n) is 1.98. The van der Waals surface area contributed by atoms with E-state index in [0.717, 1.165) is 0 Å². The van der Waals surface area contributed by atoms with E-state index >= 15 is 0 Å². The molecule has 0 aliphatic heterocycles. The van der Waals surface area contributed by atoms with Crippen LogP contribution in [0.15, 0.2) is 18.2 Å². The number of nitrogens with one attached hydrogen (secondary N) is 1. The van der Waals surface area contributed by atoms with Gasteiger partial charge in [-0.15, -0.1) is 0 Å². The number of carboxylic acids is 1. The molecule has 0 fully saturated rings. The third-order valence-corrected chi connectivity index (χ3v) is 3.11. The summed E-state index contributed by atoms with van der Waals surface area (Å²) in [5, 5.41) is 20.7. The molecule has 0 heterocycles. The lowest BCUT2D eigenvalue weighted by molar-refractivity contribution is 0.0697. The number of nitriles is 1. The quantitative estimate of drug-likeness (QED) is 0.871. The molecule has 0 saturated carbocycles. The van der Waals surface area contributed by atoms with E-state index in [2.05, 4.69) is 11.4 Å². The molecule has 0 saturated heterocycles. The zero-order chi connectivity index (χ0) is 16.0. The molecule has 1 atom stereocenters. The van der Waals surface area contributed by atoms with Gasteiger partial charge in [0.15, 0.2) is 0 Å². The van der Waals surface area contributed by atoms with Gasteiger partial charge in [-0.1, -0.05) is 12.1 Å². The Bertz CT molecular complexity index is 578. The molecule has 2 amide bonds. The topological polar surface area (TPSA) is 93.4 Å². The van der Waals surface area contributed by atoms with Gasteiger partial charge in [0.1, 0.15) is 0 Å². The predicted octanol–water partition coefficient (Wildman–Crippen LogP) is 2.71. The summed E-state index contributed by atoms with van der Waals surface area (Å²) in [5.74, 6) is -1.37. The highest BCUT2D eigenvalue weighted by Gasteiger charge is 2.19. The number of hydrogen-bond donors (Lipinski definition) is 2. The maximum Gasteiger partial charge on any atom is 0.338 e. The number of benzene rings is 1. The smallest absolute Gasteiger partial charge is 0.338 e. The number of aromatic carboxylic acids is 1. The van der Waals surface area contributed by atoms with Crippen LogP contribution in [0.1, 0.15) is 29.8 Å². The second-order valence-electron chi connectivity index (χ2n) is 4.80. The number of rotatable bonds is 5. The van der Waals surface area contributed by atoms with Gasteiger partial charge < -0.3 is 15.3 Å². The molecule has 0 bridgehead atoms. The molecule has 112 valence electrons. The van der Waals surface area contributed by atoms with Crippen LogP contribution in [0.5, 0.6) is 0 Å². The van der Waals surface area contributed by atoms with E-state index in [-0.39, 0.29) is 17.2 Å². The summed E-state index contributed by atoms with van der Waals surface area (Å²) in [7, 11) is 0. The summed E-state index contributed by atoms with van der Waals surface area (Å²) >= 11 is 0. The number of hydrogen-bond acceptors (Lipinski definition) is 3. The van der Waals surface area contributed by atoms with Gasteiger partial charge in [-0.25, -0.2) is 9.59 Å². The Morgan fingerprint density at radius 1 is 1.48 bits per heavy atom. The number of anilines is 1. The minimum absolute atomic E-state index is 0.0789. The van der Waals surface area contributed by atoms with Gasteiger partial charge in [-0.3, -0.25) is 0 Å². The van der Waals surface area contributed by atoms with Crippen molar-refractivity contribution in [3.8, 4) is 6.07 Å². The fourth-order valence-corrected chi connectivity index (χ4v) is 1.98. The van der Waals surface area contributed by atoms with E-state index in [1.807, 2.05) is 0 Å². The SMILES string of the molecule is CCN(CC(C)C#N)C(=O)Nc1cccc(C)c1C(=O)O. The van der Waals surface area contributed by atoms with Crippen LogP contribution in [-0.4, -0.2) is 35.1 Å². The highest BCUT2D eigenvalue weighted by Crippen LogP contribution is 2.20. The number of carbonyl (C=O) groups excluding carboxylic acids is 1. The number of amides is 2. The van der Waals surface area contributed by atoms with Gasteiger partial charge in [0.05, 0.1) is 23.2 Å². The minimum Gasteiger partial charge on any atom is -0.478 e. The van der Waals surface area contributed by atoms with Crippen molar-refractivity contribution in [3.63, 3.8) is 0 Å². The van der Waals surface area contributed by atoms with E-state index < -0.39 is 12.0 Å². The number of aryl methyl sites for hydroxylation is 1. The summed E-state index contributed by atoms with van der Waals surface area (Å²) < 4.78 is 0. The summed E-state index contributed by atoms with van der Waals surface area (Å²) in [5.41, 5.74) is 0.916. The highest BCUT2D eigenvalue weighted by atomic mass is 16.4. The van der Waals surface area contributed by atoms with Crippen LogP contribution in [-0.2, 0) is 0 Å². The van der Waals surface area contributed by atoms with Gasteiger partial charge in [-0.05, 0) is 32.4 Å². The molecular formula is C15H19N3O3.